The second kappa shape index (κ2) is 7.48. The van der Waals surface area contributed by atoms with Gasteiger partial charge in [0.05, 0.1) is 6.61 Å². The fourth-order valence-electron chi connectivity index (χ4n) is 1.74. The molecule has 0 saturated carbocycles. The van der Waals surface area contributed by atoms with E-state index in [9.17, 15) is 4.39 Å². The first kappa shape index (κ1) is 14.3. The van der Waals surface area contributed by atoms with Gasteiger partial charge in [0.1, 0.15) is 11.6 Å². The molecule has 4 heteroatoms. The quantitative estimate of drug-likeness (QED) is 0.612. The summed E-state index contributed by atoms with van der Waals surface area (Å²) in [7, 11) is 0. The van der Waals surface area contributed by atoms with Crippen LogP contribution in [0.1, 0.15) is 25.3 Å². The van der Waals surface area contributed by atoms with E-state index in [1.165, 1.54) is 6.07 Å². The maximum absolute atomic E-state index is 12.9. The number of ether oxygens (including phenoxy) is 1. The molecule has 1 aromatic carbocycles. The smallest absolute Gasteiger partial charge is 0.214 e. The summed E-state index contributed by atoms with van der Waals surface area (Å²) in [5.41, 5.74) is 1.10. The molecule has 0 bridgehead atoms. The predicted octanol–water partition coefficient (Wildman–Crippen LogP) is 4.01. The normalized spacial score (nSPS) is 10.3. The Hall–Kier alpha value is -2.10. The highest BCUT2D eigenvalue weighted by Crippen LogP contribution is 2.14. The highest BCUT2D eigenvalue weighted by Gasteiger charge is 1.98. The number of nitrogens with zero attached hydrogens (tertiary/aromatic N) is 1. The monoisotopic (exact) mass is 274 g/mol. The number of benzene rings is 1. The van der Waals surface area contributed by atoms with Crippen molar-refractivity contribution in [3.05, 3.63) is 54.0 Å². The molecule has 1 N–H and O–H groups in total. The van der Waals surface area contributed by atoms with Crippen LogP contribution >= 0.6 is 0 Å². The Morgan fingerprint density at radius 1 is 1.15 bits per heavy atom. The molecule has 106 valence electrons. The Bertz CT molecular complexity index is 528. The van der Waals surface area contributed by atoms with Gasteiger partial charge in [0.2, 0.25) is 5.95 Å². The summed E-state index contributed by atoms with van der Waals surface area (Å²) >= 11 is 0. The van der Waals surface area contributed by atoms with E-state index in [-0.39, 0.29) is 0 Å². The van der Waals surface area contributed by atoms with Gasteiger partial charge in [-0.05, 0) is 36.2 Å². The highest BCUT2D eigenvalue weighted by molar-refractivity contribution is 5.36. The summed E-state index contributed by atoms with van der Waals surface area (Å²) in [5, 5.41) is 3.08. The Kier molecular flexibility index (Phi) is 5.35. The lowest BCUT2D eigenvalue weighted by Crippen LogP contribution is -2.02. The predicted molar refractivity (Wildman–Crippen MR) is 78.4 cm³/mol. The number of hydrogen-bond donors (Lipinski definition) is 1. The van der Waals surface area contributed by atoms with Crippen LogP contribution in [0.4, 0.5) is 10.2 Å². The zero-order valence-corrected chi connectivity index (χ0v) is 11.6. The molecule has 2 rings (SSSR count). The van der Waals surface area contributed by atoms with Gasteiger partial charge in [-0.1, -0.05) is 31.5 Å². The second-order valence-electron chi connectivity index (χ2n) is 4.55. The zero-order valence-electron chi connectivity index (χ0n) is 11.6. The molecule has 0 radical (unpaired) electrons. The molecule has 20 heavy (non-hydrogen) atoms. The van der Waals surface area contributed by atoms with Crippen LogP contribution in [-0.2, 0) is 6.54 Å². The lowest BCUT2D eigenvalue weighted by atomic mass is 10.2. The number of hydrogen-bond acceptors (Lipinski definition) is 3. The first-order chi connectivity index (χ1) is 9.78. The van der Waals surface area contributed by atoms with E-state index < -0.39 is 5.95 Å². The van der Waals surface area contributed by atoms with Gasteiger partial charge in [-0.15, -0.1) is 0 Å². The number of anilines is 1. The summed E-state index contributed by atoms with van der Waals surface area (Å²) < 4.78 is 18.5. The van der Waals surface area contributed by atoms with Crippen LogP contribution in [0.5, 0.6) is 5.75 Å². The van der Waals surface area contributed by atoms with Gasteiger partial charge in [-0.2, -0.15) is 4.39 Å². The minimum absolute atomic E-state index is 0.477. The van der Waals surface area contributed by atoms with Crippen molar-refractivity contribution in [2.75, 3.05) is 11.9 Å². The molecule has 3 nitrogen and oxygen atoms in total. The van der Waals surface area contributed by atoms with Gasteiger partial charge in [0.25, 0.3) is 0 Å². The van der Waals surface area contributed by atoms with Crippen LogP contribution < -0.4 is 10.1 Å². The maximum Gasteiger partial charge on any atom is 0.214 e. The molecule has 0 atom stereocenters. The number of unbranched alkanes of at least 4 members (excludes halogenated alkanes) is 1. The molecular formula is C16H19FN2O. The molecule has 1 heterocycles. The molecule has 0 fully saturated rings. The molecular weight excluding hydrogens is 255 g/mol. The molecule has 0 unspecified atom stereocenters. The van der Waals surface area contributed by atoms with E-state index >= 15 is 0 Å². The average Bonchev–Trinajstić information content (AvgIpc) is 2.47. The van der Waals surface area contributed by atoms with Gasteiger partial charge in [0, 0.05) is 6.54 Å². The van der Waals surface area contributed by atoms with Crippen molar-refractivity contribution in [3.63, 3.8) is 0 Å². The van der Waals surface area contributed by atoms with Crippen LogP contribution in [0.2, 0.25) is 0 Å². The summed E-state index contributed by atoms with van der Waals surface area (Å²) in [6, 6.07) is 12.6. The minimum atomic E-state index is -0.477. The topological polar surface area (TPSA) is 34.1 Å². The SMILES string of the molecule is CCCCOc1ccc(CNc2cccc(F)n2)cc1. The molecule has 0 spiro atoms. The third-order valence-corrected chi connectivity index (χ3v) is 2.88. The van der Waals surface area contributed by atoms with Crippen LogP contribution in [-0.4, -0.2) is 11.6 Å². The summed E-state index contributed by atoms with van der Waals surface area (Å²) in [4.78, 5) is 3.75. The van der Waals surface area contributed by atoms with Gasteiger partial charge >= 0.3 is 0 Å². The van der Waals surface area contributed by atoms with Gasteiger partial charge in [0.15, 0.2) is 0 Å². The van der Waals surface area contributed by atoms with Crippen molar-refractivity contribution in [3.8, 4) is 5.75 Å². The number of nitrogens with one attached hydrogen (secondary N) is 1. The number of aromatic nitrogens is 1. The first-order valence-corrected chi connectivity index (χ1v) is 6.86. The van der Waals surface area contributed by atoms with E-state index in [2.05, 4.69) is 17.2 Å². The number of halogens is 1. The van der Waals surface area contributed by atoms with Crippen molar-refractivity contribution < 1.29 is 9.13 Å². The lowest BCUT2D eigenvalue weighted by Gasteiger charge is -2.08. The van der Waals surface area contributed by atoms with Crippen LogP contribution in [0, 0.1) is 5.95 Å². The van der Waals surface area contributed by atoms with Gasteiger partial charge in [-0.3, -0.25) is 0 Å². The number of pyridine rings is 1. The molecule has 0 amide bonds. The standard InChI is InChI=1S/C16H19FN2O/c1-2-3-11-20-14-9-7-13(8-10-14)12-18-16-6-4-5-15(17)19-16/h4-10H,2-3,11-12H2,1H3,(H,18,19). The summed E-state index contributed by atoms with van der Waals surface area (Å²) in [6.45, 7) is 3.49. The third-order valence-electron chi connectivity index (χ3n) is 2.88. The van der Waals surface area contributed by atoms with Crippen molar-refractivity contribution in [2.24, 2.45) is 0 Å². The van der Waals surface area contributed by atoms with Crippen LogP contribution in [0.3, 0.4) is 0 Å². The molecule has 1 aromatic heterocycles. The molecule has 2 aromatic rings. The Morgan fingerprint density at radius 3 is 2.65 bits per heavy atom. The Labute approximate surface area is 118 Å². The van der Waals surface area contributed by atoms with Crippen molar-refractivity contribution >= 4 is 5.82 Å². The Balaban J connectivity index is 1.84. The van der Waals surface area contributed by atoms with Crippen molar-refractivity contribution in [1.29, 1.82) is 0 Å². The second-order valence-corrected chi connectivity index (χ2v) is 4.55. The Morgan fingerprint density at radius 2 is 1.95 bits per heavy atom. The molecule has 0 aliphatic carbocycles. The highest BCUT2D eigenvalue weighted by atomic mass is 19.1. The van der Waals surface area contributed by atoms with E-state index in [4.69, 9.17) is 4.74 Å². The maximum atomic E-state index is 12.9. The largest absolute Gasteiger partial charge is 0.494 e. The summed E-state index contributed by atoms with van der Waals surface area (Å²) in [5.74, 6) is 0.939. The average molecular weight is 274 g/mol. The molecule has 0 saturated heterocycles. The van der Waals surface area contributed by atoms with Gasteiger partial charge < -0.3 is 10.1 Å². The van der Waals surface area contributed by atoms with Gasteiger partial charge in [-0.25, -0.2) is 4.98 Å². The van der Waals surface area contributed by atoms with Crippen LogP contribution in [0.15, 0.2) is 42.5 Å². The van der Waals surface area contributed by atoms with E-state index in [0.717, 1.165) is 30.8 Å². The summed E-state index contributed by atoms with van der Waals surface area (Å²) in [6.07, 6.45) is 2.19. The zero-order chi connectivity index (χ0) is 14.2. The molecule has 0 aliphatic heterocycles. The fraction of sp³-hybridized carbons (Fsp3) is 0.312. The van der Waals surface area contributed by atoms with Crippen molar-refractivity contribution in [2.45, 2.75) is 26.3 Å². The van der Waals surface area contributed by atoms with Crippen LogP contribution in [0.25, 0.3) is 0 Å². The molecule has 0 aliphatic rings. The van der Waals surface area contributed by atoms with E-state index in [1.54, 1.807) is 12.1 Å². The first-order valence-electron chi connectivity index (χ1n) is 6.86. The van der Waals surface area contributed by atoms with E-state index in [1.807, 2.05) is 24.3 Å². The number of rotatable bonds is 7. The van der Waals surface area contributed by atoms with E-state index in [0.29, 0.717) is 12.4 Å². The fourth-order valence-corrected chi connectivity index (χ4v) is 1.74. The third kappa shape index (κ3) is 4.53. The lowest BCUT2D eigenvalue weighted by molar-refractivity contribution is 0.309. The van der Waals surface area contributed by atoms with Crippen molar-refractivity contribution in [1.82, 2.24) is 4.98 Å². The minimum Gasteiger partial charge on any atom is -0.494 e.